The Kier molecular flexibility index (Phi) is 4.82. The molecule has 0 radical (unpaired) electrons. The number of rotatable bonds is 3. The summed E-state index contributed by atoms with van der Waals surface area (Å²) in [5.74, 6) is 0.827. The van der Waals surface area contributed by atoms with E-state index in [0.717, 1.165) is 18.8 Å². The number of carbonyl (C=O) groups excluding carboxylic acids is 1. The second-order valence-corrected chi connectivity index (χ2v) is 6.99. The first-order chi connectivity index (χ1) is 10.2. The average molecular weight is 296 g/mol. The second kappa shape index (κ2) is 6.63. The van der Waals surface area contributed by atoms with Crippen LogP contribution in [0.5, 0.6) is 0 Å². The molecule has 2 aliphatic heterocycles. The summed E-state index contributed by atoms with van der Waals surface area (Å²) in [6, 6.07) is 0.429. The third-order valence-corrected chi connectivity index (χ3v) is 5.61. The van der Waals surface area contributed by atoms with Crippen LogP contribution in [-0.4, -0.2) is 48.5 Å². The molecular formula is C16H28N2O3. The van der Waals surface area contributed by atoms with Crippen LogP contribution in [0.3, 0.4) is 0 Å². The number of piperidine rings is 1. The van der Waals surface area contributed by atoms with E-state index < -0.39 is 5.54 Å². The molecule has 21 heavy (non-hydrogen) atoms. The predicted molar refractivity (Wildman–Crippen MR) is 79.9 cm³/mol. The van der Waals surface area contributed by atoms with E-state index in [1.165, 1.54) is 25.7 Å². The summed E-state index contributed by atoms with van der Waals surface area (Å²) in [6.45, 7) is 1.23. The van der Waals surface area contributed by atoms with Crippen molar-refractivity contribution >= 4 is 5.91 Å². The molecule has 5 nitrogen and oxygen atoms in total. The van der Waals surface area contributed by atoms with Gasteiger partial charge in [-0.25, -0.2) is 0 Å². The van der Waals surface area contributed by atoms with Gasteiger partial charge in [-0.15, -0.1) is 0 Å². The molecule has 3 fully saturated rings. The zero-order valence-electron chi connectivity index (χ0n) is 12.8. The highest BCUT2D eigenvalue weighted by Crippen LogP contribution is 2.32. The van der Waals surface area contributed by atoms with E-state index in [9.17, 15) is 9.90 Å². The van der Waals surface area contributed by atoms with Crippen molar-refractivity contribution in [2.24, 2.45) is 5.92 Å². The molecule has 5 heteroatoms. The first-order valence-electron chi connectivity index (χ1n) is 8.49. The number of hydrogen-bond acceptors (Lipinski definition) is 4. The Hall–Kier alpha value is -0.650. The van der Waals surface area contributed by atoms with Gasteiger partial charge in [-0.05, 0) is 44.4 Å². The minimum atomic E-state index is -0.472. The number of ether oxygens (including phenoxy) is 1. The number of hydrogen-bond donors (Lipinski definition) is 3. The van der Waals surface area contributed by atoms with Gasteiger partial charge in [-0.1, -0.05) is 12.8 Å². The van der Waals surface area contributed by atoms with Crippen molar-refractivity contribution in [2.75, 3.05) is 19.8 Å². The van der Waals surface area contributed by atoms with Gasteiger partial charge in [-0.3, -0.25) is 4.79 Å². The number of aliphatic hydroxyl groups excluding tert-OH is 1. The van der Waals surface area contributed by atoms with Gasteiger partial charge < -0.3 is 20.5 Å². The number of fused-ring (bicyclic) bond motifs is 1. The van der Waals surface area contributed by atoms with Gasteiger partial charge in [0.2, 0.25) is 5.91 Å². The molecule has 0 aromatic heterocycles. The van der Waals surface area contributed by atoms with Gasteiger partial charge in [-0.2, -0.15) is 0 Å². The monoisotopic (exact) mass is 296 g/mol. The summed E-state index contributed by atoms with van der Waals surface area (Å²) in [4.78, 5) is 12.6. The molecule has 2 saturated heterocycles. The van der Waals surface area contributed by atoms with Crippen molar-refractivity contribution < 1.29 is 14.6 Å². The maximum Gasteiger partial charge on any atom is 0.237 e. The Morgan fingerprint density at radius 3 is 2.71 bits per heavy atom. The molecule has 2 heterocycles. The Morgan fingerprint density at radius 1 is 1.19 bits per heavy atom. The summed E-state index contributed by atoms with van der Waals surface area (Å²) in [7, 11) is 0. The Bertz CT molecular complexity index is 369. The summed E-state index contributed by atoms with van der Waals surface area (Å²) < 4.78 is 5.35. The summed E-state index contributed by atoms with van der Waals surface area (Å²) in [5.41, 5.74) is -0.472. The smallest absolute Gasteiger partial charge is 0.237 e. The number of nitrogens with one attached hydrogen (secondary N) is 2. The highest BCUT2D eigenvalue weighted by atomic mass is 16.5. The lowest BCUT2D eigenvalue weighted by atomic mass is 9.77. The largest absolute Gasteiger partial charge is 0.394 e. The van der Waals surface area contributed by atoms with Gasteiger partial charge in [0.1, 0.15) is 0 Å². The molecule has 0 bridgehead atoms. The van der Waals surface area contributed by atoms with Crippen LogP contribution >= 0.6 is 0 Å². The normalized spacial score (nSPS) is 35.8. The Morgan fingerprint density at radius 2 is 1.95 bits per heavy atom. The summed E-state index contributed by atoms with van der Waals surface area (Å²) in [5, 5.41) is 16.4. The molecule has 3 atom stereocenters. The van der Waals surface area contributed by atoms with Gasteiger partial charge in [0.15, 0.2) is 0 Å². The van der Waals surface area contributed by atoms with E-state index >= 15 is 0 Å². The van der Waals surface area contributed by atoms with Gasteiger partial charge in [0.05, 0.1) is 18.2 Å². The molecular weight excluding hydrogens is 268 g/mol. The molecule has 3 rings (SSSR count). The van der Waals surface area contributed by atoms with Gasteiger partial charge in [0, 0.05) is 19.3 Å². The Labute approximate surface area is 126 Å². The first-order valence-corrected chi connectivity index (χ1v) is 8.49. The standard InChI is InChI=1S/C16H28N2O3/c19-11-16(7-9-21-10-8-16)18-15(20)14-6-5-12-3-1-2-4-13(12)17-14/h12-14,17,19H,1-11H2,(H,18,20). The molecule has 0 aromatic carbocycles. The minimum absolute atomic E-state index is 0.000867. The van der Waals surface area contributed by atoms with Crippen molar-refractivity contribution in [1.82, 2.24) is 10.6 Å². The third kappa shape index (κ3) is 3.41. The highest BCUT2D eigenvalue weighted by molar-refractivity contribution is 5.82. The van der Waals surface area contributed by atoms with E-state index in [0.29, 0.717) is 32.1 Å². The van der Waals surface area contributed by atoms with Crippen molar-refractivity contribution in [3.05, 3.63) is 0 Å². The van der Waals surface area contributed by atoms with E-state index in [4.69, 9.17) is 4.74 Å². The van der Waals surface area contributed by atoms with Gasteiger partial charge >= 0.3 is 0 Å². The van der Waals surface area contributed by atoms with Crippen LogP contribution in [0.15, 0.2) is 0 Å². The van der Waals surface area contributed by atoms with E-state index in [-0.39, 0.29) is 18.6 Å². The van der Waals surface area contributed by atoms with Crippen molar-refractivity contribution in [3.63, 3.8) is 0 Å². The fraction of sp³-hybridized carbons (Fsp3) is 0.938. The summed E-state index contributed by atoms with van der Waals surface area (Å²) >= 11 is 0. The molecule has 120 valence electrons. The maximum absolute atomic E-state index is 12.6. The quantitative estimate of drug-likeness (QED) is 0.725. The van der Waals surface area contributed by atoms with Crippen LogP contribution in [0.4, 0.5) is 0 Å². The predicted octanol–water partition coefficient (Wildman–Crippen LogP) is 0.955. The zero-order chi connectivity index (χ0) is 14.7. The third-order valence-electron chi connectivity index (χ3n) is 5.61. The van der Waals surface area contributed by atoms with Crippen LogP contribution in [0.2, 0.25) is 0 Å². The van der Waals surface area contributed by atoms with Crippen LogP contribution in [0, 0.1) is 5.92 Å². The topological polar surface area (TPSA) is 70.6 Å². The zero-order valence-corrected chi connectivity index (χ0v) is 12.8. The fourth-order valence-electron chi connectivity index (χ4n) is 4.14. The van der Waals surface area contributed by atoms with Crippen LogP contribution < -0.4 is 10.6 Å². The number of aliphatic hydroxyl groups is 1. The maximum atomic E-state index is 12.6. The lowest BCUT2D eigenvalue weighted by Crippen LogP contribution is -2.61. The molecule has 3 N–H and O–H groups in total. The van der Waals surface area contributed by atoms with Crippen molar-refractivity contribution in [1.29, 1.82) is 0 Å². The lowest BCUT2D eigenvalue weighted by molar-refractivity contribution is -0.128. The van der Waals surface area contributed by atoms with Crippen LogP contribution in [0.1, 0.15) is 51.4 Å². The fourth-order valence-corrected chi connectivity index (χ4v) is 4.14. The minimum Gasteiger partial charge on any atom is -0.394 e. The SMILES string of the molecule is O=C(NC1(CO)CCOCC1)C1CCC2CCCCC2N1. The highest BCUT2D eigenvalue weighted by Gasteiger charge is 2.38. The van der Waals surface area contributed by atoms with Crippen LogP contribution in [0.25, 0.3) is 0 Å². The Balaban J connectivity index is 1.57. The first kappa shape index (κ1) is 15.3. The van der Waals surface area contributed by atoms with Crippen molar-refractivity contribution in [3.8, 4) is 0 Å². The number of amides is 1. The number of carbonyl (C=O) groups is 1. The van der Waals surface area contributed by atoms with E-state index in [1.807, 2.05) is 0 Å². The lowest BCUT2D eigenvalue weighted by Gasteiger charge is -2.42. The summed E-state index contributed by atoms with van der Waals surface area (Å²) in [6.07, 6.45) is 8.61. The molecule has 0 spiro atoms. The molecule has 1 amide bonds. The molecule has 3 unspecified atom stereocenters. The van der Waals surface area contributed by atoms with Crippen LogP contribution in [-0.2, 0) is 9.53 Å². The van der Waals surface area contributed by atoms with E-state index in [1.54, 1.807) is 0 Å². The van der Waals surface area contributed by atoms with Crippen molar-refractivity contribution in [2.45, 2.75) is 69.0 Å². The molecule has 1 aliphatic carbocycles. The average Bonchev–Trinajstić information content (AvgIpc) is 2.55. The molecule has 3 aliphatic rings. The van der Waals surface area contributed by atoms with E-state index in [2.05, 4.69) is 10.6 Å². The molecule has 0 aromatic rings. The second-order valence-electron chi connectivity index (χ2n) is 6.99. The molecule has 1 saturated carbocycles. The van der Waals surface area contributed by atoms with Gasteiger partial charge in [0.25, 0.3) is 0 Å².